The fraction of sp³-hybridized carbons (Fsp3) is 0.706. The van der Waals surface area contributed by atoms with Crippen LogP contribution in [0.2, 0.25) is 0 Å². The average molecular weight is 318 g/mol. The van der Waals surface area contributed by atoms with Crippen molar-refractivity contribution in [1.82, 2.24) is 10.2 Å². The van der Waals surface area contributed by atoms with Crippen molar-refractivity contribution >= 4 is 18.1 Å². The summed E-state index contributed by atoms with van der Waals surface area (Å²) in [6.07, 6.45) is 5.76. The lowest BCUT2D eigenvalue weighted by molar-refractivity contribution is 0.0195. The van der Waals surface area contributed by atoms with Crippen LogP contribution in [-0.2, 0) is 4.74 Å². The van der Waals surface area contributed by atoms with Crippen LogP contribution in [0.25, 0.3) is 0 Å². The van der Waals surface area contributed by atoms with Crippen LogP contribution in [-0.4, -0.2) is 53.9 Å². The Morgan fingerprint density at radius 1 is 1.35 bits per heavy atom. The number of dihydropyridines is 1. The number of hydrogen-bond acceptors (Lipinski definition) is 5. The van der Waals surface area contributed by atoms with Crippen molar-refractivity contribution in [3.63, 3.8) is 0 Å². The molecule has 0 bridgehead atoms. The molecule has 0 aromatic rings. The maximum absolute atomic E-state index is 12.1. The van der Waals surface area contributed by atoms with E-state index in [4.69, 9.17) is 9.73 Å². The molecular formula is C17H26N4O2. The van der Waals surface area contributed by atoms with Gasteiger partial charge in [-0.05, 0) is 52.0 Å². The summed E-state index contributed by atoms with van der Waals surface area (Å²) >= 11 is 0. The van der Waals surface area contributed by atoms with Gasteiger partial charge >= 0.3 is 6.09 Å². The predicted molar refractivity (Wildman–Crippen MR) is 90.9 cm³/mol. The standard InChI is InChI=1S/C17H26N4O2/c1-11-13(9-14-15(20-11)19-10-18-14)12-5-7-21(8-6-12)16(22)23-17(2,3)4/h9-10,12,14-15H,5-8H2,1-4H3,(H,18,19). The van der Waals surface area contributed by atoms with Gasteiger partial charge in [-0.1, -0.05) is 6.08 Å². The van der Waals surface area contributed by atoms with E-state index in [1.165, 1.54) is 5.57 Å². The first kappa shape index (κ1) is 16.0. The largest absolute Gasteiger partial charge is 0.444 e. The number of carbonyl (C=O) groups excluding carboxylic acids is 1. The Bertz CT molecular complexity index is 566. The molecule has 0 aromatic heterocycles. The highest BCUT2D eigenvalue weighted by molar-refractivity contribution is 6.00. The third-order valence-corrected chi connectivity index (χ3v) is 4.50. The number of ether oxygens (including phenoxy) is 1. The first-order valence-corrected chi connectivity index (χ1v) is 8.35. The van der Waals surface area contributed by atoms with E-state index < -0.39 is 5.60 Å². The molecule has 126 valence electrons. The Balaban J connectivity index is 1.60. The van der Waals surface area contributed by atoms with Crippen molar-refractivity contribution in [2.24, 2.45) is 15.9 Å². The molecule has 2 unspecified atom stereocenters. The van der Waals surface area contributed by atoms with Crippen LogP contribution in [0, 0.1) is 5.92 Å². The van der Waals surface area contributed by atoms with Crippen LogP contribution >= 0.6 is 0 Å². The second kappa shape index (κ2) is 5.98. The fourth-order valence-corrected chi connectivity index (χ4v) is 3.35. The molecule has 0 saturated carbocycles. The average Bonchev–Trinajstić information content (AvgIpc) is 2.92. The second-order valence-electron chi connectivity index (χ2n) is 7.46. The summed E-state index contributed by atoms with van der Waals surface area (Å²) in [6, 6.07) is 0.123. The summed E-state index contributed by atoms with van der Waals surface area (Å²) in [6.45, 7) is 9.24. The molecule has 3 rings (SSSR count). The topological polar surface area (TPSA) is 66.3 Å². The monoisotopic (exact) mass is 318 g/mol. The summed E-state index contributed by atoms with van der Waals surface area (Å²) in [5.74, 6) is 0.453. The maximum atomic E-state index is 12.1. The van der Waals surface area contributed by atoms with Crippen LogP contribution in [0.5, 0.6) is 0 Å². The number of carbonyl (C=O) groups is 1. The summed E-state index contributed by atoms with van der Waals surface area (Å²) in [4.78, 5) is 23.1. The molecule has 3 aliphatic heterocycles. The van der Waals surface area contributed by atoms with E-state index in [0.717, 1.165) is 31.6 Å². The minimum atomic E-state index is -0.439. The molecule has 0 spiro atoms. The lowest BCUT2D eigenvalue weighted by atomic mass is 9.84. The van der Waals surface area contributed by atoms with Crippen LogP contribution in [0.1, 0.15) is 40.5 Å². The van der Waals surface area contributed by atoms with Crippen molar-refractivity contribution in [3.8, 4) is 0 Å². The molecule has 0 aliphatic carbocycles. The third-order valence-electron chi connectivity index (χ3n) is 4.50. The van der Waals surface area contributed by atoms with E-state index >= 15 is 0 Å². The van der Waals surface area contributed by atoms with Gasteiger partial charge in [-0.2, -0.15) is 0 Å². The van der Waals surface area contributed by atoms with Gasteiger partial charge in [0, 0.05) is 18.8 Å². The number of nitrogens with one attached hydrogen (secondary N) is 1. The Labute approximate surface area is 137 Å². The Kier molecular flexibility index (Phi) is 4.17. The lowest BCUT2D eigenvalue weighted by Crippen LogP contribution is -2.43. The zero-order chi connectivity index (χ0) is 16.6. The number of nitrogens with zero attached hydrogens (tertiary/aromatic N) is 3. The van der Waals surface area contributed by atoms with Gasteiger partial charge in [0.15, 0.2) is 0 Å². The number of allylic oxidation sites excluding steroid dienone is 1. The summed E-state index contributed by atoms with van der Waals surface area (Å²) in [5.41, 5.74) is 1.96. The normalized spacial score (nSPS) is 27.9. The zero-order valence-corrected chi connectivity index (χ0v) is 14.4. The number of fused-ring (bicyclic) bond motifs is 1. The minimum absolute atomic E-state index is 0.0700. The highest BCUT2D eigenvalue weighted by Gasteiger charge is 2.33. The first-order valence-electron chi connectivity index (χ1n) is 8.35. The van der Waals surface area contributed by atoms with Gasteiger partial charge in [0.1, 0.15) is 17.8 Å². The quantitative estimate of drug-likeness (QED) is 0.807. The molecule has 2 atom stereocenters. The van der Waals surface area contributed by atoms with Crippen LogP contribution in [0.4, 0.5) is 4.79 Å². The Hall–Kier alpha value is -1.85. The molecule has 6 heteroatoms. The summed E-state index contributed by atoms with van der Waals surface area (Å²) < 4.78 is 5.46. The maximum Gasteiger partial charge on any atom is 0.410 e. The first-order chi connectivity index (χ1) is 10.8. The minimum Gasteiger partial charge on any atom is -0.444 e. The Morgan fingerprint density at radius 3 is 2.70 bits per heavy atom. The molecule has 6 nitrogen and oxygen atoms in total. The van der Waals surface area contributed by atoms with Gasteiger partial charge in [-0.15, -0.1) is 0 Å². The molecule has 0 aromatic carbocycles. The van der Waals surface area contributed by atoms with Gasteiger partial charge in [-0.3, -0.25) is 9.98 Å². The number of aliphatic imine (C=N–C) groups is 2. The molecule has 3 aliphatic rings. The van der Waals surface area contributed by atoms with Gasteiger partial charge in [-0.25, -0.2) is 4.79 Å². The summed E-state index contributed by atoms with van der Waals surface area (Å²) in [7, 11) is 0. The number of likely N-dealkylation sites (tertiary alicyclic amines) is 1. The molecular weight excluding hydrogens is 292 g/mol. The fourth-order valence-electron chi connectivity index (χ4n) is 3.35. The molecule has 3 heterocycles. The van der Waals surface area contributed by atoms with E-state index in [1.807, 2.05) is 25.7 Å². The number of hydrogen-bond donors (Lipinski definition) is 1. The van der Waals surface area contributed by atoms with Crippen LogP contribution in [0.15, 0.2) is 21.6 Å². The van der Waals surface area contributed by atoms with Crippen molar-refractivity contribution < 1.29 is 9.53 Å². The molecule has 1 fully saturated rings. The van der Waals surface area contributed by atoms with E-state index in [1.54, 1.807) is 6.34 Å². The molecule has 1 saturated heterocycles. The molecule has 1 N–H and O–H groups in total. The van der Waals surface area contributed by atoms with E-state index in [2.05, 4.69) is 23.3 Å². The van der Waals surface area contributed by atoms with Gasteiger partial charge in [0.25, 0.3) is 0 Å². The number of rotatable bonds is 1. The van der Waals surface area contributed by atoms with Crippen molar-refractivity contribution in [2.45, 2.75) is 58.3 Å². The predicted octanol–water partition coefficient (Wildman–Crippen LogP) is 2.36. The van der Waals surface area contributed by atoms with Crippen molar-refractivity contribution in [3.05, 3.63) is 11.6 Å². The van der Waals surface area contributed by atoms with Crippen LogP contribution < -0.4 is 5.32 Å². The highest BCUT2D eigenvalue weighted by Crippen LogP contribution is 2.30. The second-order valence-corrected chi connectivity index (χ2v) is 7.46. The highest BCUT2D eigenvalue weighted by atomic mass is 16.6. The van der Waals surface area contributed by atoms with Crippen LogP contribution in [0.3, 0.4) is 0 Å². The van der Waals surface area contributed by atoms with Crippen molar-refractivity contribution in [2.75, 3.05) is 13.1 Å². The van der Waals surface area contributed by atoms with E-state index in [0.29, 0.717) is 5.92 Å². The van der Waals surface area contributed by atoms with Gasteiger partial charge < -0.3 is 15.0 Å². The van der Waals surface area contributed by atoms with Gasteiger partial charge in [0.05, 0.1) is 6.34 Å². The number of piperidine rings is 1. The zero-order valence-electron chi connectivity index (χ0n) is 14.4. The SMILES string of the molecule is CC1=NC2NC=NC2C=C1C1CCN(C(=O)OC(C)(C)C)CC1. The van der Waals surface area contributed by atoms with Crippen molar-refractivity contribution in [1.29, 1.82) is 0 Å². The summed E-state index contributed by atoms with van der Waals surface area (Å²) in [5, 5.41) is 3.16. The molecule has 1 amide bonds. The lowest BCUT2D eigenvalue weighted by Gasteiger charge is -2.35. The van der Waals surface area contributed by atoms with E-state index in [-0.39, 0.29) is 18.3 Å². The van der Waals surface area contributed by atoms with Gasteiger partial charge in [0.2, 0.25) is 0 Å². The molecule has 23 heavy (non-hydrogen) atoms. The number of amides is 1. The smallest absolute Gasteiger partial charge is 0.410 e. The third kappa shape index (κ3) is 3.57. The Morgan fingerprint density at radius 2 is 2.04 bits per heavy atom. The molecule has 0 radical (unpaired) electrons. The van der Waals surface area contributed by atoms with E-state index in [9.17, 15) is 4.79 Å².